The maximum absolute atomic E-state index is 8.71. The third kappa shape index (κ3) is 5.21. The van der Waals surface area contributed by atoms with Crippen molar-refractivity contribution in [2.45, 2.75) is 39.0 Å². The molecule has 0 fully saturated rings. The molecule has 0 unspecified atom stereocenters. The molecule has 0 saturated carbocycles. The first kappa shape index (κ1) is 16.0. The molecule has 3 heteroatoms. The Morgan fingerprint density at radius 3 is 2.53 bits per heavy atom. The van der Waals surface area contributed by atoms with E-state index in [0.29, 0.717) is 0 Å². The minimum atomic E-state index is 0.0890. The van der Waals surface area contributed by atoms with Crippen LogP contribution >= 0.6 is 0 Å². The van der Waals surface area contributed by atoms with Crippen molar-refractivity contribution in [3.63, 3.8) is 0 Å². The number of methoxy groups -OCH3 is 1. The summed E-state index contributed by atoms with van der Waals surface area (Å²) in [5.74, 6) is 0.962. The van der Waals surface area contributed by atoms with E-state index in [0.717, 1.165) is 31.7 Å². The molecular weight excluding hydrogens is 238 g/mol. The summed E-state index contributed by atoms with van der Waals surface area (Å²) >= 11 is 0. The first-order chi connectivity index (χ1) is 8.99. The molecule has 0 radical (unpaired) electrons. The Hall–Kier alpha value is -1.06. The van der Waals surface area contributed by atoms with Gasteiger partial charge >= 0.3 is 0 Å². The maximum Gasteiger partial charge on any atom is 0.122 e. The Morgan fingerprint density at radius 2 is 1.95 bits per heavy atom. The van der Waals surface area contributed by atoms with Crippen LogP contribution in [0.3, 0.4) is 0 Å². The molecule has 0 aliphatic carbocycles. The topological polar surface area (TPSA) is 41.5 Å². The molecule has 0 spiro atoms. The first-order valence-electron chi connectivity index (χ1n) is 6.98. The van der Waals surface area contributed by atoms with Crippen LogP contribution in [0.2, 0.25) is 0 Å². The highest BCUT2D eigenvalue weighted by molar-refractivity contribution is 5.41. The van der Waals surface area contributed by atoms with E-state index in [9.17, 15) is 0 Å². The predicted molar refractivity (Wildman–Crippen MR) is 80.0 cm³/mol. The van der Waals surface area contributed by atoms with Gasteiger partial charge in [-0.2, -0.15) is 0 Å². The third-order valence-electron chi connectivity index (χ3n) is 3.17. The van der Waals surface area contributed by atoms with E-state index in [2.05, 4.69) is 44.3 Å². The number of rotatable bonds is 7. The Labute approximate surface area is 117 Å². The van der Waals surface area contributed by atoms with Gasteiger partial charge in [-0.3, -0.25) is 0 Å². The lowest BCUT2D eigenvalue weighted by molar-refractivity contribution is 0.286. The van der Waals surface area contributed by atoms with Crippen molar-refractivity contribution in [3.8, 4) is 5.75 Å². The SMILES string of the molecule is COc1ccc(CCNCCCO)cc1C(C)(C)C. The van der Waals surface area contributed by atoms with E-state index in [1.54, 1.807) is 7.11 Å². The molecule has 19 heavy (non-hydrogen) atoms. The second-order valence-corrected chi connectivity index (χ2v) is 5.86. The van der Waals surface area contributed by atoms with Crippen molar-refractivity contribution < 1.29 is 9.84 Å². The molecule has 1 aromatic carbocycles. The molecule has 3 nitrogen and oxygen atoms in total. The minimum absolute atomic E-state index is 0.0890. The third-order valence-corrected chi connectivity index (χ3v) is 3.17. The Kier molecular flexibility index (Phi) is 6.32. The highest BCUT2D eigenvalue weighted by atomic mass is 16.5. The Bertz CT molecular complexity index is 383. The molecule has 2 N–H and O–H groups in total. The Balaban J connectivity index is 2.65. The van der Waals surface area contributed by atoms with Gasteiger partial charge in [0.15, 0.2) is 0 Å². The monoisotopic (exact) mass is 265 g/mol. The van der Waals surface area contributed by atoms with Gasteiger partial charge in [-0.25, -0.2) is 0 Å². The summed E-state index contributed by atoms with van der Waals surface area (Å²) in [6.45, 7) is 8.68. The van der Waals surface area contributed by atoms with Crippen molar-refractivity contribution >= 4 is 0 Å². The number of benzene rings is 1. The number of hydrogen-bond donors (Lipinski definition) is 2. The molecule has 0 aromatic heterocycles. The van der Waals surface area contributed by atoms with Crippen molar-refractivity contribution in [1.29, 1.82) is 0 Å². The normalized spacial score (nSPS) is 11.6. The zero-order chi connectivity index (χ0) is 14.3. The summed E-state index contributed by atoms with van der Waals surface area (Å²) in [4.78, 5) is 0. The standard InChI is InChI=1S/C16H27NO2/c1-16(2,3)14-12-13(6-7-15(14)19-4)8-10-17-9-5-11-18/h6-7,12,17-18H,5,8-11H2,1-4H3. The van der Waals surface area contributed by atoms with Gasteiger partial charge in [0.25, 0.3) is 0 Å². The molecule has 1 rings (SSSR count). The van der Waals surface area contributed by atoms with Crippen LogP contribution in [0.15, 0.2) is 18.2 Å². The van der Waals surface area contributed by atoms with E-state index < -0.39 is 0 Å². The van der Waals surface area contributed by atoms with Gasteiger partial charge in [-0.1, -0.05) is 32.9 Å². The molecule has 0 heterocycles. The van der Waals surface area contributed by atoms with Crippen LogP contribution in [-0.4, -0.2) is 31.9 Å². The number of aliphatic hydroxyl groups is 1. The van der Waals surface area contributed by atoms with E-state index in [4.69, 9.17) is 9.84 Å². The summed E-state index contributed by atoms with van der Waals surface area (Å²) in [5, 5.41) is 12.0. The van der Waals surface area contributed by atoms with E-state index in [1.165, 1.54) is 11.1 Å². The van der Waals surface area contributed by atoms with Gasteiger partial charge in [0.05, 0.1) is 7.11 Å². The van der Waals surface area contributed by atoms with E-state index >= 15 is 0 Å². The zero-order valence-electron chi connectivity index (χ0n) is 12.6. The van der Waals surface area contributed by atoms with Crippen LogP contribution in [0, 0.1) is 0 Å². The van der Waals surface area contributed by atoms with Crippen LogP contribution in [0.4, 0.5) is 0 Å². The first-order valence-corrected chi connectivity index (χ1v) is 6.98. The summed E-state index contributed by atoms with van der Waals surface area (Å²) in [7, 11) is 1.72. The second-order valence-electron chi connectivity index (χ2n) is 5.86. The van der Waals surface area contributed by atoms with E-state index in [-0.39, 0.29) is 12.0 Å². The number of ether oxygens (including phenoxy) is 1. The van der Waals surface area contributed by atoms with Crippen molar-refractivity contribution in [1.82, 2.24) is 5.32 Å². The van der Waals surface area contributed by atoms with Crippen LogP contribution in [0.1, 0.15) is 38.3 Å². The smallest absolute Gasteiger partial charge is 0.122 e. The van der Waals surface area contributed by atoms with Gasteiger partial charge in [0, 0.05) is 6.61 Å². The highest BCUT2D eigenvalue weighted by Gasteiger charge is 2.18. The van der Waals surface area contributed by atoms with Gasteiger partial charge in [0.2, 0.25) is 0 Å². The summed E-state index contributed by atoms with van der Waals surface area (Å²) in [5.41, 5.74) is 2.66. The minimum Gasteiger partial charge on any atom is -0.496 e. The summed E-state index contributed by atoms with van der Waals surface area (Å²) < 4.78 is 5.44. The largest absolute Gasteiger partial charge is 0.496 e. The lowest BCUT2D eigenvalue weighted by atomic mass is 9.85. The average Bonchev–Trinajstić information content (AvgIpc) is 2.37. The van der Waals surface area contributed by atoms with Gasteiger partial charge in [0.1, 0.15) is 5.75 Å². The molecular formula is C16H27NO2. The fourth-order valence-corrected chi connectivity index (χ4v) is 2.06. The van der Waals surface area contributed by atoms with Crippen molar-refractivity contribution in [2.24, 2.45) is 0 Å². The van der Waals surface area contributed by atoms with Gasteiger partial charge in [-0.05, 0) is 48.5 Å². The molecule has 0 saturated heterocycles. The van der Waals surface area contributed by atoms with Gasteiger partial charge in [-0.15, -0.1) is 0 Å². The molecule has 0 aliphatic heterocycles. The number of hydrogen-bond acceptors (Lipinski definition) is 3. The van der Waals surface area contributed by atoms with Crippen molar-refractivity contribution in [3.05, 3.63) is 29.3 Å². The van der Waals surface area contributed by atoms with E-state index in [1.807, 2.05) is 0 Å². The molecule has 108 valence electrons. The number of aliphatic hydroxyl groups excluding tert-OH is 1. The van der Waals surface area contributed by atoms with Crippen molar-refractivity contribution in [2.75, 3.05) is 26.8 Å². The lowest BCUT2D eigenvalue weighted by Gasteiger charge is -2.23. The fourth-order valence-electron chi connectivity index (χ4n) is 2.06. The van der Waals surface area contributed by atoms with Crippen LogP contribution in [0.5, 0.6) is 5.75 Å². The Morgan fingerprint density at radius 1 is 1.21 bits per heavy atom. The molecule has 0 aliphatic rings. The molecule has 1 aromatic rings. The highest BCUT2D eigenvalue weighted by Crippen LogP contribution is 2.31. The average molecular weight is 265 g/mol. The van der Waals surface area contributed by atoms with Crippen LogP contribution in [-0.2, 0) is 11.8 Å². The summed E-state index contributed by atoms with van der Waals surface area (Å²) in [6.07, 6.45) is 1.81. The fraction of sp³-hybridized carbons (Fsp3) is 0.625. The second kappa shape index (κ2) is 7.51. The van der Waals surface area contributed by atoms with Crippen LogP contribution < -0.4 is 10.1 Å². The quantitative estimate of drug-likeness (QED) is 0.744. The van der Waals surface area contributed by atoms with Gasteiger partial charge < -0.3 is 15.2 Å². The zero-order valence-corrected chi connectivity index (χ0v) is 12.6. The maximum atomic E-state index is 8.71. The van der Waals surface area contributed by atoms with Crippen LogP contribution in [0.25, 0.3) is 0 Å². The molecule has 0 amide bonds. The summed E-state index contributed by atoms with van der Waals surface area (Å²) in [6, 6.07) is 6.43. The number of nitrogens with one attached hydrogen (secondary N) is 1. The lowest BCUT2D eigenvalue weighted by Crippen LogP contribution is -2.20. The molecule has 0 bridgehead atoms. The predicted octanol–water partition coefficient (Wildman–Crippen LogP) is 2.51. The molecule has 0 atom stereocenters.